The molecule has 27 heavy (non-hydrogen) atoms. The van der Waals surface area contributed by atoms with Gasteiger partial charge in [-0.1, -0.05) is 0 Å². The van der Waals surface area contributed by atoms with E-state index in [0.29, 0.717) is 24.5 Å². The van der Waals surface area contributed by atoms with E-state index in [4.69, 9.17) is 10.00 Å². The van der Waals surface area contributed by atoms with Crippen LogP contribution in [0.4, 0.5) is 10.5 Å². The number of benzene rings is 1. The number of pyridine rings is 1. The number of H-pyrrole nitrogens is 1. The lowest BCUT2D eigenvalue weighted by molar-refractivity contribution is 0.190. The molecule has 1 aromatic carbocycles. The van der Waals surface area contributed by atoms with Gasteiger partial charge >= 0.3 is 6.03 Å². The third-order valence-corrected chi connectivity index (χ3v) is 4.60. The van der Waals surface area contributed by atoms with Crippen molar-refractivity contribution in [2.24, 2.45) is 0 Å². The van der Waals surface area contributed by atoms with Crippen LogP contribution in [-0.2, 0) is 0 Å². The zero-order chi connectivity index (χ0) is 18.8. The highest BCUT2D eigenvalue weighted by Gasteiger charge is 2.28. The van der Waals surface area contributed by atoms with E-state index in [-0.39, 0.29) is 12.1 Å². The Morgan fingerprint density at radius 2 is 2.30 bits per heavy atom. The number of nitrogens with zero attached hydrogens (tertiary/aromatic N) is 4. The Labute approximate surface area is 155 Å². The van der Waals surface area contributed by atoms with Crippen LogP contribution in [0.15, 0.2) is 36.7 Å². The molecule has 4 rings (SSSR count). The molecule has 0 saturated carbocycles. The summed E-state index contributed by atoms with van der Waals surface area (Å²) in [4.78, 5) is 18.4. The molecular weight excluding hydrogens is 344 g/mol. The summed E-state index contributed by atoms with van der Waals surface area (Å²) in [7, 11) is 0. The van der Waals surface area contributed by atoms with Gasteiger partial charge in [0.25, 0.3) is 0 Å². The molecule has 0 aliphatic carbocycles. The molecule has 1 atom stereocenters. The molecule has 8 nitrogen and oxygen atoms in total. The number of carbonyl (C=O) groups excluding carboxylic acids is 1. The van der Waals surface area contributed by atoms with Crippen LogP contribution in [0, 0.1) is 18.3 Å². The van der Waals surface area contributed by atoms with E-state index >= 15 is 0 Å². The minimum Gasteiger partial charge on any atom is -0.472 e. The third-order valence-electron chi connectivity index (χ3n) is 4.60. The topological polar surface area (TPSA) is 107 Å². The van der Waals surface area contributed by atoms with Crippen LogP contribution in [0.2, 0.25) is 0 Å². The van der Waals surface area contributed by atoms with Gasteiger partial charge in [-0.15, -0.1) is 0 Å². The number of nitrogens with one attached hydrogen (secondary N) is 2. The van der Waals surface area contributed by atoms with Gasteiger partial charge in [-0.2, -0.15) is 10.4 Å². The van der Waals surface area contributed by atoms with Crippen molar-refractivity contribution in [3.05, 3.63) is 47.8 Å². The number of ether oxygens (including phenoxy) is 1. The first kappa shape index (κ1) is 16.8. The van der Waals surface area contributed by atoms with Crippen LogP contribution in [0.25, 0.3) is 10.9 Å². The number of aromatic nitrogens is 3. The first-order valence-corrected chi connectivity index (χ1v) is 8.65. The maximum absolute atomic E-state index is 12.6. The van der Waals surface area contributed by atoms with Crippen molar-refractivity contribution in [3.8, 4) is 11.9 Å². The van der Waals surface area contributed by atoms with Crippen molar-refractivity contribution in [1.82, 2.24) is 20.1 Å². The second-order valence-corrected chi connectivity index (χ2v) is 6.53. The predicted molar refractivity (Wildman–Crippen MR) is 99.4 cm³/mol. The van der Waals surface area contributed by atoms with Crippen LogP contribution < -0.4 is 10.1 Å². The number of aromatic amines is 1. The first-order valence-electron chi connectivity index (χ1n) is 8.65. The fraction of sp³-hybridized carbons (Fsp3) is 0.263. The Bertz CT molecular complexity index is 1020. The maximum Gasteiger partial charge on any atom is 0.321 e. The van der Waals surface area contributed by atoms with Gasteiger partial charge in [-0.05, 0) is 30.7 Å². The molecule has 2 amide bonds. The number of hydrogen-bond donors (Lipinski definition) is 2. The molecule has 3 heterocycles. The van der Waals surface area contributed by atoms with Crippen LogP contribution in [0.1, 0.15) is 17.5 Å². The van der Waals surface area contributed by atoms with E-state index in [9.17, 15) is 4.79 Å². The molecule has 1 unspecified atom stereocenters. The maximum atomic E-state index is 12.6. The monoisotopic (exact) mass is 362 g/mol. The minimum atomic E-state index is -0.160. The van der Waals surface area contributed by atoms with Crippen LogP contribution in [0.3, 0.4) is 0 Å². The average molecular weight is 362 g/mol. The molecule has 0 radical (unpaired) electrons. The molecule has 1 fully saturated rings. The Kier molecular flexibility index (Phi) is 4.34. The zero-order valence-corrected chi connectivity index (χ0v) is 14.8. The number of rotatable bonds is 3. The van der Waals surface area contributed by atoms with Crippen molar-refractivity contribution < 1.29 is 9.53 Å². The zero-order valence-electron chi connectivity index (χ0n) is 14.8. The lowest BCUT2D eigenvalue weighted by Crippen LogP contribution is -2.34. The smallest absolute Gasteiger partial charge is 0.321 e. The number of hydrogen-bond acceptors (Lipinski definition) is 5. The number of likely N-dealkylation sites (tertiary alicyclic amines) is 1. The normalized spacial score (nSPS) is 16.3. The van der Waals surface area contributed by atoms with E-state index in [2.05, 4.69) is 20.5 Å². The first-order chi connectivity index (χ1) is 13.1. The SMILES string of the molecule is Cc1cc(NC(=O)N2CCC(Oc3ccc(C#N)cn3)C2)cc2[nH]ncc12. The van der Waals surface area contributed by atoms with Gasteiger partial charge in [0.1, 0.15) is 12.2 Å². The molecular formula is C19H18N6O2. The summed E-state index contributed by atoms with van der Waals surface area (Å²) in [6, 6.07) is 9.00. The molecule has 2 aromatic heterocycles. The Balaban J connectivity index is 1.37. The summed E-state index contributed by atoms with van der Waals surface area (Å²) in [5.74, 6) is 0.460. The van der Waals surface area contributed by atoms with Crippen LogP contribution in [-0.4, -0.2) is 45.3 Å². The summed E-state index contributed by atoms with van der Waals surface area (Å²) in [6.07, 6.45) is 3.86. The van der Waals surface area contributed by atoms with Crippen molar-refractivity contribution in [1.29, 1.82) is 5.26 Å². The third kappa shape index (κ3) is 3.53. The van der Waals surface area contributed by atoms with Gasteiger partial charge in [0.2, 0.25) is 5.88 Å². The van der Waals surface area contributed by atoms with Gasteiger partial charge in [-0.25, -0.2) is 9.78 Å². The summed E-state index contributed by atoms with van der Waals surface area (Å²) in [6.45, 7) is 3.08. The van der Waals surface area contributed by atoms with E-state index in [0.717, 1.165) is 28.6 Å². The summed E-state index contributed by atoms with van der Waals surface area (Å²) in [5, 5.41) is 19.7. The van der Waals surface area contributed by atoms with Gasteiger partial charge in [0.15, 0.2) is 0 Å². The second-order valence-electron chi connectivity index (χ2n) is 6.53. The van der Waals surface area contributed by atoms with Crippen LogP contribution >= 0.6 is 0 Å². The number of anilines is 1. The number of amides is 2. The fourth-order valence-electron chi connectivity index (χ4n) is 3.20. The van der Waals surface area contributed by atoms with Crippen LogP contribution in [0.5, 0.6) is 5.88 Å². The van der Waals surface area contributed by atoms with Crippen molar-refractivity contribution >= 4 is 22.6 Å². The predicted octanol–water partition coefficient (Wildman–Crippen LogP) is 2.82. The number of carbonyl (C=O) groups is 1. The Morgan fingerprint density at radius 3 is 3.07 bits per heavy atom. The van der Waals surface area contributed by atoms with E-state index in [1.54, 1.807) is 23.2 Å². The van der Waals surface area contributed by atoms with Crippen molar-refractivity contribution in [3.63, 3.8) is 0 Å². The molecule has 1 aliphatic heterocycles. The summed E-state index contributed by atoms with van der Waals surface area (Å²) < 4.78 is 5.82. The quantitative estimate of drug-likeness (QED) is 0.745. The van der Waals surface area contributed by atoms with E-state index < -0.39 is 0 Å². The highest BCUT2D eigenvalue weighted by atomic mass is 16.5. The molecule has 0 spiro atoms. The highest BCUT2D eigenvalue weighted by Crippen LogP contribution is 2.23. The molecule has 2 N–H and O–H groups in total. The van der Waals surface area contributed by atoms with Gasteiger partial charge in [0, 0.05) is 36.3 Å². The van der Waals surface area contributed by atoms with Crippen molar-refractivity contribution in [2.45, 2.75) is 19.4 Å². The fourth-order valence-corrected chi connectivity index (χ4v) is 3.20. The lowest BCUT2D eigenvalue weighted by atomic mass is 10.1. The molecule has 1 aliphatic rings. The molecule has 8 heteroatoms. The summed E-state index contributed by atoms with van der Waals surface area (Å²) >= 11 is 0. The second kappa shape index (κ2) is 6.96. The number of urea groups is 1. The van der Waals surface area contributed by atoms with Crippen molar-refractivity contribution in [2.75, 3.05) is 18.4 Å². The number of aryl methyl sites for hydroxylation is 1. The molecule has 1 saturated heterocycles. The average Bonchev–Trinajstić information content (AvgIpc) is 3.32. The van der Waals surface area contributed by atoms with Gasteiger partial charge < -0.3 is 15.0 Å². The molecule has 3 aromatic rings. The highest BCUT2D eigenvalue weighted by molar-refractivity contribution is 5.93. The standard InChI is InChI=1S/C19H18N6O2/c1-12-6-14(7-17-16(12)10-22-24-17)23-19(26)25-5-4-15(11-25)27-18-3-2-13(8-20)9-21-18/h2-3,6-7,9-10,15H,4-5,11H2,1H3,(H,22,24)(H,23,26). The lowest BCUT2D eigenvalue weighted by Gasteiger charge is -2.18. The minimum absolute atomic E-state index is 0.118. The van der Waals surface area contributed by atoms with E-state index in [1.807, 2.05) is 25.1 Å². The molecule has 0 bridgehead atoms. The largest absolute Gasteiger partial charge is 0.472 e. The number of fused-ring (bicyclic) bond motifs is 1. The number of nitriles is 1. The van der Waals surface area contributed by atoms with Gasteiger partial charge in [-0.3, -0.25) is 5.10 Å². The Morgan fingerprint density at radius 1 is 1.41 bits per heavy atom. The van der Waals surface area contributed by atoms with Gasteiger partial charge in [0.05, 0.1) is 23.8 Å². The Hall–Kier alpha value is -3.60. The summed E-state index contributed by atoms with van der Waals surface area (Å²) in [5.41, 5.74) is 3.15. The van der Waals surface area contributed by atoms with E-state index in [1.165, 1.54) is 6.20 Å². The molecule has 136 valence electrons.